The summed E-state index contributed by atoms with van der Waals surface area (Å²) in [5.41, 5.74) is 0.124. The number of amides is 1. The lowest BCUT2D eigenvalue weighted by Crippen LogP contribution is -2.66. The Balaban J connectivity index is 1.64. The van der Waals surface area contributed by atoms with Gasteiger partial charge in [0.2, 0.25) is 0 Å². The molecule has 0 spiro atoms. The number of carboxylic acids is 1. The van der Waals surface area contributed by atoms with Crippen molar-refractivity contribution < 1.29 is 19.4 Å². The average molecular weight is 303 g/mol. The van der Waals surface area contributed by atoms with Crippen molar-refractivity contribution in [1.82, 2.24) is 4.90 Å². The molecule has 1 aromatic rings. The van der Waals surface area contributed by atoms with Crippen molar-refractivity contribution in [3.05, 3.63) is 35.9 Å². The molecular formula is C17H21NO4. The Hall–Kier alpha value is -2.04. The van der Waals surface area contributed by atoms with Crippen LogP contribution in [0.1, 0.15) is 31.7 Å². The largest absolute Gasteiger partial charge is 0.481 e. The lowest BCUT2D eigenvalue weighted by Gasteiger charge is -2.61. The van der Waals surface area contributed by atoms with Gasteiger partial charge in [0.05, 0.1) is 5.41 Å². The van der Waals surface area contributed by atoms with Crippen LogP contribution < -0.4 is 0 Å². The molecule has 118 valence electrons. The molecule has 1 aliphatic carbocycles. The summed E-state index contributed by atoms with van der Waals surface area (Å²) in [6.07, 6.45) is 1.83. The Morgan fingerprint density at radius 3 is 2.50 bits per heavy atom. The predicted octanol–water partition coefficient (Wildman–Crippen LogP) is 2.90. The molecule has 3 fully saturated rings. The molecule has 0 unspecified atom stereocenters. The zero-order valence-electron chi connectivity index (χ0n) is 12.7. The lowest BCUT2D eigenvalue weighted by molar-refractivity contribution is -0.183. The van der Waals surface area contributed by atoms with Gasteiger partial charge in [0, 0.05) is 13.1 Å². The first-order valence-electron chi connectivity index (χ1n) is 7.68. The first kappa shape index (κ1) is 14.9. The molecule has 0 aromatic heterocycles. The van der Waals surface area contributed by atoms with Crippen molar-refractivity contribution in [2.24, 2.45) is 10.8 Å². The summed E-state index contributed by atoms with van der Waals surface area (Å²) >= 11 is 0. The molecule has 4 rings (SSSR count). The molecule has 22 heavy (non-hydrogen) atoms. The molecule has 2 saturated heterocycles. The van der Waals surface area contributed by atoms with Gasteiger partial charge in [0.15, 0.2) is 0 Å². The van der Waals surface area contributed by atoms with Gasteiger partial charge in [-0.3, -0.25) is 4.79 Å². The normalized spacial score (nSPS) is 29.6. The second kappa shape index (κ2) is 5.30. The fraction of sp³-hybridized carbons (Fsp3) is 0.529. The fourth-order valence-corrected chi connectivity index (χ4v) is 3.95. The Kier molecular flexibility index (Phi) is 3.59. The highest BCUT2D eigenvalue weighted by Gasteiger charge is 2.63. The molecule has 1 N–H and O–H groups in total. The third kappa shape index (κ3) is 2.45. The zero-order valence-corrected chi connectivity index (χ0v) is 12.7. The summed E-state index contributed by atoms with van der Waals surface area (Å²) in [5, 5.41) is 9.47. The van der Waals surface area contributed by atoms with Crippen LogP contribution >= 0.6 is 0 Å². The second-order valence-corrected chi connectivity index (χ2v) is 6.69. The molecule has 5 nitrogen and oxygen atoms in total. The fourth-order valence-electron chi connectivity index (χ4n) is 3.95. The lowest BCUT2D eigenvalue weighted by atomic mass is 9.49. The minimum absolute atomic E-state index is 0.0393. The monoisotopic (exact) mass is 303 g/mol. The van der Waals surface area contributed by atoms with Crippen molar-refractivity contribution in [1.29, 1.82) is 0 Å². The number of carbonyl (C=O) groups is 2. The number of rotatable bonds is 4. The van der Waals surface area contributed by atoms with E-state index < -0.39 is 17.5 Å². The standard InChI is InChI=1S/C17H21NO4/c1-2-16-9-17(10-16,14(19)20)12-18(11-16)15(21)22-8-13-6-4-3-5-7-13/h3-7H,2,8-12H2,1H3,(H,19,20). The van der Waals surface area contributed by atoms with E-state index in [0.717, 1.165) is 12.0 Å². The highest BCUT2D eigenvalue weighted by Crippen LogP contribution is 2.60. The van der Waals surface area contributed by atoms with E-state index in [1.54, 1.807) is 4.90 Å². The Bertz CT molecular complexity index is 578. The molecule has 1 aromatic carbocycles. The van der Waals surface area contributed by atoms with Crippen LogP contribution in [0.3, 0.4) is 0 Å². The van der Waals surface area contributed by atoms with Crippen LogP contribution in [0, 0.1) is 10.8 Å². The Morgan fingerprint density at radius 1 is 1.23 bits per heavy atom. The minimum atomic E-state index is -0.794. The molecule has 0 atom stereocenters. The SMILES string of the molecule is CCC12CN(C(=O)OCc3ccccc3)CC(C(=O)O)(C1)C2. The van der Waals surface area contributed by atoms with Crippen LogP contribution in [-0.4, -0.2) is 35.2 Å². The summed E-state index contributed by atoms with van der Waals surface area (Å²) in [6, 6.07) is 9.49. The number of nitrogens with zero attached hydrogens (tertiary/aromatic N) is 1. The van der Waals surface area contributed by atoms with Crippen LogP contribution in [0.4, 0.5) is 4.79 Å². The van der Waals surface area contributed by atoms with Gasteiger partial charge in [-0.2, -0.15) is 0 Å². The molecular weight excluding hydrogens is 282 g/mol. The topological polar surface area (TPSA) is 66.8 Å². The summed E-state index contributed by atoms with van der Waals surface area (Å²) in [7, 11) is 0. The number of fused-ring (bicyclic) bond motifs is 2. The maximum Gasteiger partial charge on any atom is 0.410 e. The smallest absolute Gasteiger partial charge is 0.410 e. The first-order valence-corrected chi connectivity index (χ1v) is 7.68. The highest BCUT2D eigenvalue weighted by atomic mass is 16.6. The third-order valence-corrected chi connectivity index (χ3v) is 5.11. The van der Waals surface area contributed by atoms with Crippen molar-refractivity contribution in [2.75, 3.05) is 13.1 Å². The quantitative estimate of drug-likeness (QED) is 0.928. The first-order chi connectivity index (χ1) is 10.5. The van der Waals surface area contributed by atoms with Gasteiger partial charge >= 0.3 is 12.1 Å². The van der Waals surface area contributed by atoms with E-state index in [1.165, 1.54) is 0 Å². The maximum absolute atomic E-state index is 12.3. The minimum Gasteiger partial charge on any atom is -0.481 e. The number of piperidine rings is 2. The second-order valence-electron chi connectivity index (χ2n) is 6.69. The van der Waals surface area contributed by atoms with E-state index in [1.807, 2.05) is 30.3 Å². The summed E-state index contributed by atoms with van der Waals surface area (Å²) in [4.78, 5) is 25.4. The van der Waals surface area contributed by atoms with Gasteiger partial charge in [-0.05, 0) is 30.2 Å². The van der Waals surface area contributed by atoms with Gasteiger partial charge in [0.25, 0.3) is 0 Å². The average Bonchev–Trinajstić information content (AvgIpc) is 2.52. The van der Waals surface area contributed by atoms with Crippen LogP contribution in [-0.2, 0) is 16.1 Å². The number of benzene rings is 1. The predicted molar refractivity (Wildman–Crippen MR) is 80.2 cm³/mol. The van der Waals surface area contributed by atoms with Gasteiger partial charge < -0.3 is 14.7 Å². The summed E-state index contributed by atoms with van der Waals surface area (Å²) in [6.45, 7) is 3.14. The molecule has 1 saturated carbocycles. The molecule has 1 amide bonds. The Labute approximate surface area is 129 Å². The van der Waals surface area contributed by atoms with Crippen molar-refractivity contribution >= 4 is 12.1 Å². The van der Waals surface area contributed by atoms with Gasteiger partial charge in [0.1, 0.15) is 6.61 Å². The highest BCUT2D eigenvalue weighted by molar-refractivity contribution is 5.79. The number of carboxylic acid groups (broad SMARTS) is 1. The molecule has 5 heteroatoms. The third-order valence-electron chi connectivity index (χ3n) is 5.11. The molecule has 2 aliphatic heterocycles. The van der Waals surface area contributed by atoms with Gasteiger partial charge in [-0.1, -0.05) is 37.3 Å². The van der Waals surface area contributed by atoms with Crippen LogP contribution in [0.25, 0.3) is 0 Å². The molecule has 0 radical (unpaired) electrons. The van der Waals surface area contributed by atoms with Gasteiger partial charge in [-0.25, -0.2) is 4.79 Å². The van der Waals surface area contributed by atoms with E-state index in [4.69, 9.17) is 4.74 Å². The van der Waals surface area contributed by atoms with Crippen LogP contribution in [0.2, 0.25) is 0 Å². The van der Waals surface area contributed by atoms with E-state index in [2.05, 4.69) is 6.92 Å². The number of aliphatic carboxylic acids is 1. The van der Waals surface area contributed by atoms with Crippen molar-refractivity contribution in [2.45, 2.75) is 32.8 Å². The van der Waals surface area contributed by atoms with Crippen molar-refractivity contribution in [3.63, 3.8) is 0 Å². The van der Waals surface area contributed by atoms with Crippen LogP contribution in [0.15, 0.2) is 30.3 Å². The van der Waals surface area contributed by atoms with E-state index in [-0.39, 0.29) is 18.6 Å². The Morgan fingerprint density at radius 2 is 1.91 bits per heavy atom. The number of ether oxygens (including phenoxy) is 1. The molecule has 2 heterocycles. The number of hydrogen-bond donors (Lipinski definition) is 1. The summed E-state index contributed by atoms with van der Waals surface area (Å²) < 4.78 is 5.34. The van der Waals surface area contributed by atoms with E-state index in [0.29, 0.717) is 19.4 Å². The van der Waals surface area contributed by atoms with Crippen molar-refractivity contribution in [3.8, 4) is 0 Å². The number of carbonyl (C=O) groups excluding carboxylic acids is 1. The summed E-state index contributed by atoms with van der Waals surface area (Å²) in [5.74, 6) is -0.794. The number of hydrogen-bond acceptors (Lipinski definition) is 3. The molecule has 2 bridgehead atoms. The molecule has 3 aliphatic rings. The maximum atomic E-state index is 12.3. The zero-order chi connectivity index (χ0) is 15.8. The van der Waals surface area contributed by atoms with E-state index >= 15 is 0 Å². The van der Waals surface area contributed by atoms with E-state index in [9.17, 15) is 14.7 Å². The van der Waals surface area contributed by atoms with Gasteiger partial charge in [-0.15, -0.1) is 0 Å². The van der Waals surface area contributed by atoms with Crippen LogP contribution in [0.5, 0.6) is 0 Å².